The summed E-state index contributed by atoms with van der Waals surface area (Å²) >= 11 is 0. The first-order chi connectivity index (χ1) is 14.9. The first-order valence-corrected chi connectivity index (χ1v) is 10.4. The molecule has 0 aliphatic rings. The van der Waals surface area contributed by atoms with E-state index in [2.05, 4.69) is 121 Å². The minimum Gasteiger partial charge on any atom is -0.0616 e. The van der Waals surface area contributed by atoms with E-state index in [0.717, 1.165) is 0 Å². The van der Waals surface area contributed by atoms with Gasteiger partial charge in [0.25, 0.3) is 0 Å². The Morgan fingerprint density at radius 3 is 1.60 bits per heavy atom. The van der Waals surface area contributed by atoms with E-state index in [1.165, 1.54) is 54.6 Å². The Morgan fingerprint density at radius 2 is 0.867 bits per heavy atom. The van der Waals surface area contributed by atoms with Crippen LogP contribution in [0.4, 0.5) is 0 Å². The fourth-order valence-corrected chi connectivity index (χ4v) is 4.55. The van der Waals surface area contributed by atoms with Gasteiger partial charge in [-0.1, -0.05) is 103 Å². The standard InChI is InChI=1S/C30H20/c1-2-9-22-18-24(17-16-21(22)8-1)23-12-7-13-27(19-23)30-28-14-5-3-10-25(28)20-26-11-4-6-15-29(26)30/h1-20H. The van der Waals surface area contributed by atoms with Crippen LogP contribution in [0.1, 0.15) is 0 Å². The van der Waals surface area contributed by atoms with E-state index in [9.17, 15) is 0 Å². The van der Waals surface area contributed by atoms with E-state index in [4.69, 9.17) is 0 Å². The molecular weight excluding hydrogens is 360 g/mol. The maximum absolute atomic E-state index is 2.33. The number of hydrogen-bond acceptors (Lipinski definition) is 0. The van der Waals surface area contributed by atoms with Crippen LogP contribution in [-0.4, -0.2) is 0 Å². The van der Waals surface area contributed by atoms with E-state index in [1.54, 1.807) is 0 Å². The lowest BCUT2D eigenvalue weighted by Gasteiger charge is -2.13. The molecule has 0 amide bonds. The average molecular weight is 380 g/mol. The Labute approximate surface area is 176 Å². The zero-order chi connectivity index (χ0) is 19.9. The molecule has 0 saturated carbocycles. The number of benzene rings is 6. The minimum absolute atomic E-state index is 1.25. The van der Waals surface area contributed by atoms with E-state index in [1.807, 2.05) is 0 Å². The summed E-state index contributed by atoms with van der Waals surface area (Å²) in [6.45, 7) is 0. The van der Waals surface area contributed by atoms with Crippen LogP contribution in [0, 0.1) is 0 Å². The van der Waals surface area contributed by atoms with Crippen molar-refractivity contribution in [2.75, 3.05) is 0 Å². The van der Waals surface area contributed by atoms with Crippen molar-refractivity contribution >= 4 is 32.3 Å². The van der Waals surface area contributed by atoms with Gasteiger partial charge in [0.1, 0.15) is 0 Å². The molecule has 0 fully saturated rings. The summed E-state index contributed by atoms with van der Waals surface area (Å²) in [4.78, 5) is 0. The van der Waals surface area contributed by atoms with Crippen LogP contribution in [-0.2, 0) is 0 Å². The molecule has 6 rings (SSSR count). The van der Waals surface area contributed by atoms with Gasteiger partial charge in [0.2, 0.25) is 0 Å². The third kappa shape index (κ3) is 2.77. The lowest BCUT2D eigenvalue weighted by molar-refractivity contribution is 1.63. The maximum Gasteiger partial charge on any atom is -0.00266 e. The topological polar surface area (TPSA) is 0 Å². The van der Waals surface area contributed by atoms with Gasteiger partial charge in [0, 0.05) is 0 Å². The second kappa shape index (κ2) is 6.86. The van der Waals surface area contributed by atoms with E-state index >= 15 is 0 Å². The molecule has 0 radical (unpaired) electrons. The van der Waals surface area contributed by atoms with Crippen LogP contribution in [0.15, 0.2) is 121 Å². The molecule has 0 N–H and O–H groups in total. The molecule has 0 heteroatoms. The fourth-order valence-electron chi connectivity index (χ4n) is 4.55. The van der Waals surface area contributed by atoms with Crippen molar-refractivity contribution in [2.45, 2.75) is 0 Å². The normalized spacial score (nSPS) is 11.3. The second-order valence-electron chi connectivity index (χ2n) is 7.84. The summed E-state index contributed by atoms with van der Waals surface area (Å²) in [7, 11) is 0. The maximum atomic E-state index is 2.33. The molecule has 0 spiro atoms. The van der Waals surface area contributed by atoms with Crippen molar-refractivity contribution in [3.63, 3.8) is 0 Å². The summed E-state index contributed by atoms with van der Waals surface area (Å²) < 4.78 is 0. The molecule has 0 saturated heterocycles. The molecule has 0 unspecified atom stereocenters. The SMILES string of the molecule is c1cc(-c2ccc3ccccc3c2)cc(-c2c3ccccc3cc3ccccc23)c1. The molecular formula is C30H20. The first kappa shape index (κ1) is 17.0. The van der Waals surface area contributed by atoms with Crippen LogP contribution in [0.5, 0.6) is 0 Å². The molecule has 0 bridgehead atoms. The number of rotatable bonds is 2. The Bertz CT molecular complexity index is 1480. The van der Waals surface area contributed by atoms with Crippen molar-refractivity contribution < 1.29 is 0 Å². The Balaban J connectivity index is 1.61. The van der Waals surface area contributed by atoms with Gasteiger partial charge < -0.3 is 0 Å². The number of fused-ring (bicyclic) bond motifs is 3. The van der Waals surface area contributed by atoms with Gasteiger partial charge in [-0.2, -0.15) is 0 Å². The zero-order valence-corrected chi connectivity index (χ0v) is 16.5. The van der Waals surface area contributed by atoms with Crippen molar-refractivity contribution in [3.8, 4) is 22.3 Å². The third-order valence-corrected chi connectivity index (χ3v) is 6.01. The van der Waals surface area contributed by atoms with Crippen LogP contribution >= 0.6 is 0 Å². The predicted molar refractivity (Wildman–Crippen MR) is 130 cm³/mol. The molecule has 30 heavy (non-hydrogen) atoms. The minimum atomic E-state index is 1.25. The summed E-state index contributed by atoms with van der Waals surface area (Å²) in [5.41, 5.74) is 5.07. The highest BCUT2D eigenvalue weighted by molar-refractivity contribution is 6.12. The Hall–Kier alpha value is -3.90. The van der Waals surface area contributed by atoms with Crippen molar-refractivity contribution in [2.24, 2.45) is 0 Å². The smallest absolute Gasteiger partial charge is 0.00266 e. The second-order valence-corrected chi connectivity index (χ2v) is 7.84. The van der Waals surface area contributed by atoms with Gasteiger partial charge in [-0.3, -0.25) is 0 Å². The monoisotopic (exact) mass is 380 g/mol. The van der Waals surface area contributed by atoms with E-state index in [0.29, 0.717) is 0 Å². The molecule has 6 aromatic carbocycles. The fraction of sp³-hybridized carbons (Fsp3) is 0. The Kier molecular flexibility index (Phi) is 3.89. The Morgan fingerprint density at radius 1 is 0.300 bits per heavy atom. The molecule has 0 nitrogen and oxygen atoms in total. The molecule has 140 valence electrons. The molecule has 0 aromatic heterocycles. The molecule has 0 heterocycles. The molecule has 0 aliphatic heterocycles. The van der Waals surface area contributed by atoms with Crippen LogP contribution in [0.25, 0.3) is 54.6 Å². The van der Waals surface area contributed by atoms with Crippen molar-refractivity contribution in [1.82, 2.24) is 0 Å². The number of hydrogen-bond donors (Lipinski definition) is 0. The highest BCUT2D eigenvalue weighted by atomic mass is 14.1. The van der Waals surface area contributed by atoms with Gasteiger partial charge in [-0.15, -0.1) is 0 Å². The van der Waals surface area contributed by atoms with Gasteiger partial charge in [0.15, 0.2) is 0 Å². The van der Waals surface area contributed by atoms with Gasteiger partial charge in [-0.25, -0.2) is 0 Å². The summed E-state index contributed by atoms with van der Waals surface area (Å²) in [6, 6.07) is 43.9. The van der Waals surface area contributed by atoms with Crippen LogP contribution in [0.3, 0.4) is 0 Å². The zero-order valence-electron chi connectivity index (χ0n) is 16.5. The average Bonchev–Trinajstić information content (AvgIpc) is 2.82. The van der Waals surface area contributed by atoms with Crippen molar-refractivity contribution in [1.29, 1.82) is 0 Å². The summed E-state index contributed by atoms with van der Waals surface area (Å²) in [6.07, 6.45) is 0. The lowest BCUT2D eigenvalue weighted by atomic mass is 9.90. The van der Waals surface area contributed by atoms with Crippen LogP contribution in [0.2, 0.25) is 0 Å². The van der Waals surface area contributed by atoms with Crippen LogP contribution < -0.4 is 0 Å². The van der Waals surface area contributed by atoms with Gasteiger partial charge in [-0.05, 0) is 72.8 Å². The molecule has 0 atom stereocenters. The van der Waals surface area contributed by atoms with Crippen molar-refractivity contribution in [3.05, 3.63) is 121 Å². The largest absolute Gasteiger partial charge is 0.0616 e. The third-order valence-electron chi connectivity index (χ3n) is 6.01. The predicted octanol–water partition coefficient (Wildman–Crippen LogP) is 8.48. The highest BCUT2D eigenvalue weighted by Crippen LogP contribution is 2.38. The highest BCUT2D eigenvalue weighted by Gasteiger charge is 2.10. The van der Waals surface area contributed by atoms with E-state index in [-0.39, 0.29) is 0 Å². The summed E-state index contributed by atoms with van der Waals surface area (Å²) in [5, 5.41) is 7.71. The quantitative estimate of drug-likeness (QED) is 0.264. The molecule has 6 aromatic rings. The van der Waals surface area contributed by atoms with Gasteiger partial charge >= 0.3 is 0 Å². The lowest BCUT2D eigenvalue weighted by Crippen LogP contribution is -1.87. The van der Waals surface area contributed by atoms with E-state index < -0.39 is 0 Å². The van der Waals surface area contributed by atoms with Gasteiger partial charge in [0.05, 0.1) is 0 Å². The summed E-state index contributed by atoms with van der Waals surface area (Å²) in [5.74, 6) is 0. The molecule has 0 aliphatic carbocycles. The first-order valence-electron chi connectivity index (χ1n) is 10.4.